The number of ether oxygens (including phenoxy) is 1. The number of hydrogen-bond acceptors (Lipinski definition) is 3. The van der Waals surface area contributed by atoms with Crippen molar-refractivity contribution in [3.63, 3.8) is 0 Å². The van der Waals surface area contributed by atoms with E-state index in [0.717, 1.165) is 10.9 Å². The highest BCUT2D eigenvalue weighted by Gasteiger charge is 2.36. The number of aromatic amines is 1. The summed E-state index contributed by atoms with van der Waals surface area (Å²) in [5, 5.41) is 5.83. The molecule has 3 aromatic rings. The Bertz CT molecular complexity index is 967. The van der Waals surface area contributed by atoms with Crippen molar-refractivity contribution >= 4 is 21.8 Å². The van der Waals surface area contributed by atoms with Gasteiger partial charge in [0.25, 0.3) is 5.56 Å². The first kappa shape index (κ1) is 15.1. The predicted molar refractivity (Wildman–Crippen MR) is 86.9 cm³/mol. The quantitative estimate of drug-likeness (QED) is 0.779. The van der Waals surface area contributed by atoms with E-state index in [1.165, 1.54) is 4.68 Å². The Hall–Kier alpha value is -2.44. The van der Waals surface area contributed by atoms with E-state index in [1.807, 2.05) is 18.2 Å². The summed E-state index contributed by atoms with van der Waals surface area (Å²) in [4.78, 5) is 15.9. The van der Waals surface area contributed by atoms with Crippen LogP contribution in [-0.2, 0) is 0 Å². The number of benzene rings is 1. The summed E-state index contributed by atoms with van der Waals surface area (Å²) in [5.41, 5.74) is 1.00. The molecular weight excluding hydrogens is 316 g/mol. The first-order valence-electron chi connectivity index (χ1n) is 7.93. The van der Waals surface area contributed by atoms with Crippen LogP contribution in [0, 0.1) is 0 Å². The molecule has 0 amide bonds. The van der Waals surface area contributed by atoms with Crippen molar-refractivity contribution in [1.29, 1.82) is 0 Å². The van der Waals surface area contributed by atoms with Crippen LogP contribution in [0.25, 0.3) is 21.8 Å². The summed E-state index contributed by atoms with van der Waals surface area (Å²) in [6, 6.07) is 5.23. The number of methoxy groups -OCH3 is 1. The van der Waals surface area contributed by atoms with Gasteiger partial charge in [-0.1, -0.05) is 0 Å². The van der Waals surface area contributed by atoms with Gasteiger partial charge in [0, 0.05) is 29.1 Å². The molecule has 1 aliphatic carbocycles. The van der Waals surface area contributed by atoms with Crippen LogP contribution in [0.15, 0.2) is 29.2 Å². The highest BCUT2D eigenvalue weighted by atomic mass is 19.3. The third kappa shape index (κ3) is 2.35. The van der Waals surface area contributed by atoms with E-state index < -0.39 is 5.92 Å². The van der Waals surface area contributed by atoms with Gasteiger partial charge in [0.2, 0.25) is 5.92 Å². The topological polar surface area (TPSA) is 59.9 Å². The number of rotatable bonds is 2. The van der Waals surface area contributed by atoms with Crippen LogP contribution in [0.5, 0.6) is 5.75 Å². The van der Waals surface area contributed by atoms with Crippen molar-refractivity contribution in [2.45, 2.75) is 37.6 Å². The Labute approximate surface area is 136 Å². The highest BCUT2D eigenvalue weighted by Crippen LogP contribution is 2.37. The van der Waals surface area contributed by atoms with Gasteiger partial charge in [-0.15, -0.1) is 0 Å². The minimum absolute atomic E-state index is 0.201. The predicted octanol–water partition coefficient (Wildman–Crippen LogP) is 3.64. The number of halogens is 2. The Kier molecular flexibility index (Phi) is 3.33. The zero-order valence-corrected chi connectivity index (χ0v) is 13.2. The van der Waals surface area contributed by atoms with Crippen LogP contribution in [0.4, 0.5) is 8.78 Å². The second-order valence-electron chi connectivity index (χ2n) is 6.31. The SMILES string of the molecule is COc1ccc2[nH]c3c(=O)n(C4CCC(F)(F)CC4)ncc3c2c1. The lowest BCUT2D eigenvalue weighted by molar-refractivity contribution is -0.0453. The molecule has 2 aromatic heterocycles. The second kappa shape index (κ2) is 5.29. The van der Waals surface area contributed by atoms with Crippen molar-refractivity contribution in [2.75, 3.05) is 7.11 Å². The van der Waals surface area contributed by atoms with Crippen molar-refractivity contribution in [1.82, 2.24) is 14.8 Å². The van der Waals surface area contributed by atoms with Gasteiger partial charge in [-0.3, -0.25) is 4.79 Å². The molecule has 1 saturated carbocycles. The maximum Gasteiger partial charge on any atom is 0.291 e. The number of nitrogens with zero attached hydrogens (tertiary/aromatic N) is 2. The summed E-state index contributed by atoms with van der Waals surface area (Å²) in [7, 11) is 1.58. The fourth-order valence-electron chi connectivity index (χ4n) is 3.44. The lowest BCUT2D eigenvalue weighted by Gasteiger charge is -2.28. The molecular formula is C17H17F2N3O2. The zero-order chi connectivity index (χ0) is 16.9. The van der Waals surface area contributed by atoms with Crippen LogP contribution in [0.1, 0.15) is 31.7 Å². The normalized spacial score (nSPS) is 18.3. The molecule has 4 rings (SSSR count). The number of aromatic nitrogens is 3. The molecule has 24 heavy (non-hydrogen) atoms. The summed E-state index contributed by atoms with van der Waals surface area (Å²) >= 11 is 0. The third-order valence-corrected chi connectivity index (χ3v) is 4.81. The minimum atomic E-state index is -2.62. The summed E-state index contributed by atoms with van der Waals surface area (Å²) in [6.45, 7) is 0. The van der Waals surface area contributed by atoms with Crippen LogP contribution >= 0.6 is 0 Å². The van der Waals surface area contributed by atoms with Crippen LogP contribution in [0.3, 0.4) is 0 Å². The maximum absolute atomic E-state index is 13.3. The number of hydrogen-bond donors (Lipinski definition) is 1. The molecule has 0 atom stereocenters. The molecule has 0 spiro atoms. The summed E-state index contributed by atoms with van der Waals surface area (Å²) < 4.78 is 33.2. The Morgan fingerprint density at radius 3 is 2.75 bits per heavy atom. The monoisotopic (exact) mass is 333 g/mol. The molecule has 1 N–H and O–H groups in total. The fourth-order valence-corrected chi connectivity index (χ4v) is 3.44. The van der Waals surface area contributed by atoms with E-state index >= 15 is 0 Å². The maximum atomic E-state index is 13.3. The minimum Gasteiger partial charge on any atom is -0.497 e. The first-order chi connectivity index (χ1) is 11.5. The Balaban J connectivity index is 1.81. The molecule has 1 aliphatic rings. The van der Waals surface area contributed by atoms with E-state index in [2.05, 4.69) is 10.1 Å². The van der Waals surface area contributed by atoms with Gasteiger partial charge in [-0.2, -0.15) is 5.10 Å². The summed E-state index contributed by atoms with van der Waals surface area (Å²) in [5.74, 6) is -1.93. The molecule has 2 heterocycles. The van der Waals surface area contributed by atoms with Gasteiger partial charge in [-0.05, 0) is 31.0 Å². The molecule has 0 bridgehead atoms. The fraction of sp³-hybridized carbons (Fsp3) is 0.412. The first-order valence-corrected chi connectivity index (χ1v) is 7.93. The molecule has 1 aromatic carbocycles. The van der Waals surface area contributed by atoms with Crippen molar-refractivity contribution in [2.24, 2.45) is 0 Å². The van der Waals surface area contributed by atoms with E-state index in [1.54, 1.807) is 13.3 Å². The number of fused-ring (bicyclic) bond motifs is 3. The Morgan fingerprint density at radius 2 is 2.04 bits per heavy atom. The Morgan fingerprint density at radius 1 is 1.29 bits per heavy atom. The lowest BCUT2D eigenvalue weighted by atomic mass is 9.92. The van der Waals surface area contributed by atoms with Gasteiger partial charge < -0.3 is 9.72 Å². The average molecular weight is 333 g/mol. The van der Waals surface area contributed by atoms with Gasteiger partial charge in [-0.25, -0.2) is 13.5 Å². The van der Waals surface area contributed by atoms with Crippen LogP contribution in [-0.4, -0.2) is 27.8 Å². The van der Waals surface area contributed by atoms with E-state index in [0.29, 0.717) is 16.7 Å². The highest BCUT2D eigenvalue weighted by molar-refractivity contribution is 6.06. The molecule has 5 nitrogen and oxygen atoms in total. The molecule has 1 fully saturated rings. The number of H-pyrrole nitrogens is 1. The van der Waals surface area contributed by atoms with Gasteiger partial charge in [0.05, 0.1) is 19.3 Å². The van der Waals surface area contributed by atoms with Crippen LogP contribution < -0.4 is 10.3 Å². The van der Waals surface area contributed by atoms with Gasteiger partial charge in [0.1, 0.15) is 11.3 Å². The van der Waals surface area contributed by atoms with E-state index in [9.17, 15) is 13.6 Å². The van der Waals surface area contributed by atoms with Gasteiger partial charge in [0.15, 0.2) is 0 Å². The van der Waals surface area contributed by atoms with Crippen molar-refractivity contribution in [3.8, 4) is 5.75 Å². The molecule has 7 heteroatoms. The largest absolute Gasteiger partial charge is 0.497 e. The molecule has 0 aliphatic heterocycles. The van der Waals surface area contributed by atoms with E-state index in [4.69, 9.17) is 4.74 Å². The van der Waals surface area contributed by atoms with Crippen molar-refractivity contribution < 1.29 is 13.5 Å². The van der Waals surface area contributed by atoms with E-state index in [-0.39, 0.29) is 37.3 Å². The zero-order valence-electron chi connectivity index (χ0n) is 13.2. The molecule has 0 unspecified atom stereocenters. The molecule has 0 saturated heterocycles. The second-order valence-corrected chi connectivity index (χ2v) is 6.31. The number of nitrogens with one attached hydrogen (secondary N) is 1. The summed E-state index contributed by atoms with van der Waals surface area (Å²) in [6.07, 6.45) is 1.75. The average Bonchev–Trinajstić information content (AvgIpc) is 2.94. The lowest BCUT2D eigenvalue weighted by Crippen LogP contribution is -2.33. The molecule has 0 radical (unpaired) electrons. The standard InChI is InChI=1S/C17H17F2N3O2/c1-24-11-2-3-14-12(8-11)13-9-20-22(16(23)15(13)21-14)10-4-6-17(18,19)7-5-10/h2-3,8-10,21H,4-7H2,1H3. The number of alkyl halides is 2. The van der Waals surface area contributed by atoms with Gasteiger partial charge >= 0.3 is 0 Å². The van der Waals surface area contributed by atoms with Crippen LogP contribution in [0.2, 0.25) is 0 Å². The smallest absolute Gasteiger partial charge is 0.291 e. The molecule has 126 valence electrons. The van der Waals surface area contributed by atoms with Crippen molar-refractivity contribution in [3.05, 3.63) is 34.7 Å². The third-order valence-electron chi connectivity index (χ3n) is 4.81.